The van der Waals surface area contributed by atoms with Crippen molar-refractivity contribution in [1.29, 1.82) is 0 Å². The Morgan fingerprint density at radius 3 is 2.69 bits per heavy atom. The van der Waals surface area contributed by atoms with E-state index in [4.69, 9.17) is 4.74 Å². The van der Waals surface area contributed by atoms with Gasteiger partial charge in [0.1, 0.15) is 5.75 Å². The van der Waals surface area contributed by atoms with Crippen molar-refractivity contribution in [3.63, 3.8) is 0 Å². The number of hydrogen-bond acceptors (Lipinski definition) is 5. The molecule has 1 saturated heterocycles. The van der Waals surface area contributed by atoms with E-state index in [1.165, 1.54) is 0 Å². The lowest BCUT2D eigenvalue weighted by molar-refractivity contribution is -0.120. The van der Waals surface area contributed by atoms with Crippen molar-refractivity contribution in [1.82, 2.24) is 10.2 Å². The van der Waals surface area contributed by atoms with E-state index in [0.717, 1.165) is 47.9 Å². The van der Waals surface area contributed by atoms with Crippen molar-refractivity contribution >= 4 is 17.4 Å². The van der Waals surface area contributed by atoms with Gasteiger partial charge in [0.25, 0.3) is 0 Å². The highest BCUT2D eigenvalue weighted by atomic mass is 16.5. The van der Waals surface area contributed by atoms with Crippen LogP contribution in [0, 0.1) is 5.92 Å². The normalized spacial score (nSPS) is 16.3. The van der Waals surface area contributed by atoms with E-state index in [0.29, 0.717) is 6.54 Å². The Hall–Kier alpha value is -3.41. The number of carbonyl (C=O) groups excluding carboxylic acids is 1. The fourth-order valence-electron chi connectivity index (χ4n) is 3.60. The summed E-state index contributed by atoms with van der Waals surface area (Å²) < 4.78 is 5.22. The number of nitrogens with one attached hydrogen (secondary N) is 1. The second kappa shape index (κ2) is 8.73. The van der Waals surface area contributed by atoms with Crippen molar-refractivity contribution in [2.75, 3.05) is 30.4 Å². The minimum absolute atomic E-state index is 0.0248. The number of aromatic nitrogens is 2. The van der Waals surface area contributed by atoms with Gasteiger partial charge in [-0.15, -0.1) is 10.2 Å². The lowest BCUT2D eigenvalue weighted by atomic mass is 9.97. The highest BCUT2D eigenvalue weighted by Gasteiger charge is 2.27. The number of methoxy groups -OCH3 is 1. The van der Waals surface area contributed by atoms with Crippen LogP contribution < -0.4 is 15.0 Å². The number of hydrogen-bond donors (Lipinski definition) is 1. The van der Waals surface area contributed by atoms with Crippen LogP contribution in [0.2, 0.25) is 0 Å². The van der Waals surface area contributed by atoms with E-state index in [9.17, 15) is 4.79 Å². The van der Waals surface area contributed by atoms with E-state index in [-0.39, 0.29) is 11.8 Å². The van der Waals surface area contributed by atoms with Crippen LogP contribution in [0.15, 0.2) is 66.7 Å². The molecule has 6 nitrogen and oxygen atoms in total. The number of benzene rings is 2. The standard InChI is InChI=1S/C23H24N4O2/c1-29-20-11-5-10-19(15-20)24-23(28)18-9-6-14-27(16-18)22-13-12-21(25-26-22)17-7-3-2-4-8-17/h2-5,7-8,10-13,15,18H,6,9,14,16H2,1H3,(H,24,28). The number of rotatable bonds is 5. The molecule has 1 aromatic heterocycles. The van der Waals surface area contributed by atoms with Crippen LogP contribution in [0.3, 0.4) is 0 Å². The molecule has 1 aliphatic heterocycles. The summed E-state index contributed by atoms with van der Waals surface area (Å²) in [6.07, 6.45) is 1.81. The molecule has 0 aliphatic carbocycles. The van der Waals surface area contributed by atoms with Crippen molar-refractivity contribution in [2.45, 2.75) is 12.8 Å². The third-order valence-electron chi connectivity index (χ3n) is 5.17. The number of nitrogens with zero attached hydrogens (tertiary/aromatic N) is 3. The average Bonchev–Trinajstić information content (AvgIpc) is 2.80. The van der Waals surface area contributed by atoms with E-state index in [1.807, 2.05) is 66.7 Å². The van der Waals surface area contributed by atoms with Crippen LogP contribution in [0.5, 0.6) is 5.75 Å². The molecule has 0 saturated carbocycles. The van der Waals surface area contributed by atoms with E-state index in [2.05, 4.69) is 20.4 Å². The summed E-state index contributed by atoms with van der Waals surface area (Å²) >= 11 is 0. The lowest BCUT2D eigenvalue weighted by Gasteiger charge is -2.32. The molecule has 6 heteroatoms. The van der Waals surface area contributed by atoms with Gasteiger partial charge in [0.2, 0.25) is 5.91 Å². The van der Waals surface area contributed by atoms with Gasteiger partial charge in [-0.3, -0.25) is 4.79 Å². The van der Waals surface area contributed by atoms with Gasteiger partial charge in [-0.1, -0.05) is 36.4 Å². The Labute approximate surface area is 170 Å². The summed E-state index contributed by atoms with van der Waals surface area (Å²) in [6.45, 7) is 1.51. The van der Waals surface area contributed by atoms with Gasteiger partial charge >= 0.3 is 0 Å². The van der Waals surface area contributed by atoms with Gasteiger partial charge in [-0.25, -0.2) is 0 Å². The molecule has 0 bridgehead atoms. The molecular formula is C23H24N4O2. The van der Waals surface area contributed by atoms with E-state index < -0.39 is 0 Å². The summed E-state index contributed by atoms with van der Waals surface area (Å²) in [5.41, 5.74) is 2.64. The number of amides is 1. The maximum atomic E-state index is 12.8. The van der Waals surface area contributed by atoms with Crippen LogP contribution >= 0.6 is 0 Å². The van der Waals surface area contributed by atoms with Gasteiger partial charge in [0, 0.05) is 30.4 Å². The molecule has 148 valence electrons. The third kappa shape index (κ3) is 4.54. The fourth-order valence-corrected chi connectivity index (χ4v) is 3.60. The van der Waals surface area contributed by atoms with E-state index >= 15 is 0 Å². The van der Waals surface area contributed by atoms with Gasteiger partial charge in [-0.2, -0.15) is 0 Å². The molecule has 3 aromatic rings. The summed E-state index contributed by atoms with van der Waals surface area (Å²) in [4.78, 5) is 14.9. The summed E-state index contributed by atoms with van der Waals surface area (Å²) in [5.74, 6) is 1.47. The molecule has 1 amide bonds. The second-order valence-electron chi connectivity index (χ2n) is 7.15. The van der Waals surface area contributed by atoms with Gasteiger partial charge in [0.15, 0.2) is 5.82 Å². The van der Waals surface area contributed by atoms with E-state index in [1.54, 1.807) is 7.11 Å². The lowest BCUT2D eigenvalue weighted by Crippen LogP contribution is -2.41. The zero-order chi connectivity index (χ0) is 20.1. The predicted octanol–water partition coefficient (Wildman–Crippen LogP) is 4.01. The Balaban J connectivity index is 1.42. The van der Waals surface area contributed by atoms with Gasteiger partial charge < -0.3 is 15.0 Å². The van der Waals surface area contributed by atoms with Crippen LogP contribution in [0.1, 0.15) is 12.8 Å². The van der Waals surface area contributed by atoms with Crippen molar-refractivity contribution in [3.8, 4) is 17.0 Å². The molecule has 1 atom stereocenters. The topological polar surface area (TPSA) is 67.3 Å². The molecule has 29 heavy (non-hydrogen) atoms. The first kappa shape index (κ1) is 18.9. The minimum atomic E-state index is -0.0921. The quantitative estimate of drug-likeness (QED) is 0.715. The molecule has 1 N–H and O–H groups in total. The number of ether oxygens (including phenoxy) is 1. The molecule has 4 rings (SSSR count). The van der Waals surface area contributed by atoms with Crippen LogP contribution in [-0.4, -0.2) is 36.3 Å². The Kier molecular flexibility index (Phi) is 5.70. The number of carbonyl (C=O) groups is 1. The van der Waals surface area contributed by atoms with Crippen molar-refractivity contribution < 1.29 is 9.53 Å². The second-order valence-corrected chi connectivity index (χ2v) is 7.15. The fraction of sp³-hybridized carbons (Fsp3) is 0.261. The smallest absolute Gasteiger partial charge is 0.229 e. The predicted molar refractivity (Wildman–Crippen MR) is 114 cm³/mol. The molecule has 1 aliphatic rings. The zero-order valence-corrected chi connectivity index (χ0v) is 16.4. The highest BCUT2D eigenvalue weighted by molar-refractivity contribution is 5.93. The zero-order valence-electron chi connectivity index (χ0n) is 16.4. The van der Waals surface area contributed by atoms with Crippen LogP contribution in [0.25, 0.3) is 11.3 Å². The molecular weight excluding hydrogens is 364 g/mol. The Bertz CT molecular complexity index is 960. The molecule has 1 fully saturated rings. The molecule has 2 aromatic carbocycles. The monoisotopic (exact) mass is 388 g/mol. The molecule has 2 heterocycles. The van der Waals surface area contributed by atoms with Gasteiger partial charge in [-0.05, 0) is 37.1 Å². The van der Waals surface area contributed by atoms with Crippen LogP contribution in [0.4, 0.5) is 11.5 Å². The molecule has 1 unspecified atom stereocenters. The Morgan fingerprint density at radius 2 is 1.93 bits per heavy atom. The average molecular weight is 388 g/mol. The largest absolute Gasteiger partial charge is 0.497 e. The molecule has 0 spiro atoms. The van der Waals surface area contributed by atoms with Crippen molar-refractivity contribution in [2.24, 2.45) is 5.92 Å². The first-order valence-electron chi connectivity index (χ1n) is 9.82. The minimum Gasteiger partial charge on any atom is -0.497 e. The summed E-state index contributed by atoms with van der Waals surface area (Å²) in [7, 11) is 1.62. The van der Waals surface area contributed by atoms with Crippen molar-refractivity contribution in [3.05, 3.63) is 66.7 Å². The number of piperidine rings is 1. The molecule has 0 radical (unpaired) electrons. The van der Waals surface area contributed by atoms with Gasteiger partial charge in [0.05, 0.1) is 18.7 Å². The van der Waals surface area contributed by atoms with Crippen LogP contribution in [-0.2, 0) is 4.79 Å². The first-order chi connectivity index (χ1) is 14.2. The third-order valence-corrected chi connectivity index (χ3v) is 5.17. The number of anilines is 2. The highest BCUT2D eigenvalue weighted by Crippen LogP contribution is 2.25. The Morgan fingerprint density at radius 1 is 1.07 bits per heavy atom. The maximum absolute atomic E-state index is 12.8. The summed E-state index contributed by atoms with van der Waals surface area (Å²) in [6, 6.07) is 21.4. The first-order valence-corrected chi connectivity index (χ1v) is 9.82. The maximum Gasteiger partial charge on any atom is 0.229 e. The SMILES string of the molecule is COc1cccc(NC(=O)C2CCCN(c3ccc(-c4ccccc4)nn3)C2)c1. The summed E-state index contributed by atoms with van der Waals surface area (Å²) in [5, 5.41) is 11.8.